The van der Waals surface area contributed by atoms with Crippen LogP contribution in [0.15, 0.2) is 51.8 Å². The van der Waals surface area contributed by atoms with Gasteiger partial charge in [0.1, 0.15) is 22.5 Å². The minimum absolute atomic E-state index is 0.0484. The molecule has 2 aliphatic rings. The average Bonchev–Trinajstić information content (AvgIpc) is 3.33. The number of nitrogens with zero attached hydrogens (tertiary/aromatic N) is 1. The molecule has 8 heteroatoms. The average molecular weight is 508 g/mol. The maximum absolute atomic E-state index is 13.1. The molecule has 2 aliphatic heterocycles. The molecule has 1 amide bonds. The number of ether oxygens (including phenoxy) is 2. The number of carbonyl (C=O) groups excluding carboxylic acids is 1. The maximum atomic E-state index is 13.1. The number of hydrogen-bond acceptors (Lipinski definition) is 5. The molecule has 0 bridgehead atoms. The summed E-state index contributed by atoms with van der Waals surface area (Å²) >= 11 is 10.2. The van der Waals surface area contributed by atoms with Crippen LogP contribution in [0.3, 0.4) is 0 Å². The Morgan fingerprint density at radius 2 is 2.10 bits per heavy atom. The molecule has 0 unspecified atom stereocenters. The van der Waals surface area contributed by atoms with Crippen LogP contribution in [0.5, 0.6) is 5.75 Å². The van der Waals surface area contributed by atoms with E-state index in [1.54, 1.807) is 23.1 Å². The zero-order valence-corrected chi connectivity index (χ0v) is 19.2. The molecule has 0 radical (unpaired) electrons. The monoisotopic (exact) mass is 507 g/mol. The lowest BCUT2D eigenvalue weighted by Crippen LogP contribution is -2.35. The van der Waals surface area contributed by atoms with E-state index >= 15 is 0 Å². The zero-order chi connectivity index (χ0) is 21.1. The summed E-state index contributed by atoms with van der Waals surface area (Å²) in [6, 6.07) is 11.8. The van der Waals surface area contributed by atoms with Gasteiger partial charge in [-0.05, 0) is 54.8 Å². The summed E-state index contributed by atoms with van der Waals surface area (Å²) < 4.78 is 26.1. The second-order valence-corrected chi connectivity index (χ2v) is 9.62. The first-order chi connectivity index (χ1) is 14.5. The fraction of sp³-hybridized carbons (Fsp3) is 0.273. The molecular formula is C22H19BrFNO3S2. The van der Waals surface area contributed by atoms with Gasteiger partial charge in [-0.2, -0.15) is 0 Å². The fourth-order valence-corrected chi connectivity index (χ4v) is 4.94. The van der Waals surface area contributed by atoms with Gasteiger partial charge in [0.15, 0.2) is 0 Å². The Hall–Kier alpha value is -1.74. The number of benzene rings is 2. The molecule has 156 valence electrons. The van der Waals surface area contributed by atoms with Crippen LogP contribution in [0.2, 0.25) is 0 Å². The molecule has 2 heterocycles. The molecule has 0 aromatic heterocycles. The third kappa shape index (κ3) is 5.11. The summed E-state index contributed by atoms with van der Waals surface area (Å²) in [5, 5.41) is 0. The molecule has 30 heavy (non-hydrogen) atoms. The minimum Gasteiger partial charge on any atom is -0.488 e. The Morgan fingerprint density at radius 1 is 1.30 bits per heavy atom. The van der Waals surface area contributed by atoms with E-state index in [-0.39, 0.29) is 17.8 Å². The van der Waals surface area contributed by atoms with Crippen molar-refractivity contribution < 1.29 is 18.7 Å². The first-order valence-electron chi connectivity index (χ1n) is 9.53. The van der Waals surface area contributed by atoms with Crippen LogP contribution >= 0.6 is 39.9 Å². The molecule has 2 aromatic carbocycles. The van der Waals surface area contributed by atoms with E-state index in [0.29, 0.717) is 28.1 Å². The summed E-state index contributed by atoms with van der Waals surface area (Å²) in [6.45, 7) is 1.53. The van der Waals surface area contributed by atoms with Crippen LogP contribution in [0.4, 0.5) is 4.39 Å². The van der Waals surface area contributed by atoms with Crippen molar-refractivity contribution in [2.45, 2.75) is 25.6 Å². The van der Waals surface area contributed by atoms with Crippen LogP contribution in [-0.4, -0.2) is 34.4 Å². The number of thiocarbonyl (C=S) groups is 1. The van der Waals surface area contributed by atoms with Crippen molar-refractivity contribution in [1.29, 1.82) is 0 Å². The van der Waals surface area contributed by atoms with Gasteiger partial charge in [-0.15, -0.1) is 0 Å². The second-order valence-electron chi connectivity index (χ2n) is 7.02. The SMILES string of the molecule is O=C1/C(=C/c2cc(Br)ccc2OCc2ccc(F)cc2)SC(=S)N1C[C@@H]1CCCO1. The van der Waals surface area contributed by atoms with Crippen LogP contribution < -0.4 is 4.74 Å². The highest BCUT2D eigenvalue weighted by Crippen LogP contribution is 2.36. The van der Waals surface area contributed by atoms with E-state index in [1.807, 2.05) is 18.2 Å². The minimum atomic E-state index is -0.284. The third-order valence-electron chi connectivity index (χ3n) is 4.85. The number of thioether (sulfide) groups is 1. The number of halogens is 2. The zero-order valence-electron chi connectivity index (χ0n) is 16.0. The largest absolute Gasteiger partial charge is 0.488 e. The topological polar surface area (TPSA) is 38.8 Å². The molecule has 0 N–H and O–H groups in total. The lowest BCUT2D eigenvalue weighted by Gasteiger charge is -2.18. The van der Waals surface area contributed by atoms with E-state index in [1.165, 1.54) is 23.9 Å². The summed E-state index contributed by atoms with van der Waals surface area (Å²) in [6.07, 6.45) is 3.82. The molecule has 2 fully saturated rings. The van der Waals surface area contributed by atoms with Crippen molar-refractivity contribution in [2.24, 2.45) is 0 Å². The van der Waals surface area contributed by atoms with Gasteiger partial charge in [-0.1, -0.05) is 52.0 Å². The van der Waals surface area contributed by atoms with Gasteiger partial charge in [0, 0.05) is 16.6 Å². The summed E-state index contributed by atoms with van der Waals surface area (Å²) in [4.78, 5) is 15.1. The van der Waals surface area contributed by atoms with Crippen molar-refractivity contribution in [3.63, 3.8) is 0 Å². The first kappa shape index (κ1) is 21.5. The lowest BCUT2D eigenvalue weighted by molar-refractivity contribution is -0.123. The van der Waals surface area contributed by atoms with E-state index in [9.17, 15) is 9.18 Å². The van der Waals surface area contributed by atoms with Gasteiger partial charge < -0.3 is 9.47 Å². The highest BCUT2D eigenvalue weighted by Gasteiger charge is 2.34. The normalized spacial score (nSPS) is 20.4. The van der Waals surface area contributed by atoms with Crippen molar-refractivity contribution in [3.05, 3.63) is 68.8 Å². The predicted molar refractivity (Wildman–Crippen MR) is 124 cm³/mol. The van der Waals surface area contributed by atoms with Gasteiger partial charge in [-0.3, -0.25) is 9.69 Å². The number of rotatable bonds is 6. The van der Waals surface area contributed by atoms with Gasteiger partial charge in [0.05, 0.1) is 17.6 Å². The summed E-state index contributed by atoms with van der Waals surface area (Å²) in [5.41, 5.74) is 1.62. The van der Waals surface area contributed by atoms with Gasteiger partial charge in [0.2, 0.25) is 0 Å². The molecule has 2 aromatic rings. The summed E-state index contributed by atoms with van der Waals surface area (Å²) in [7, 11) is 0. The highest BCUT2D eigenvalue weighted by molar-refractivity contribution is 9.10. The molecule has 4 nitrogen and oxygen atoms in total. The Labute approximate surface area is 192 Å². The predicted octanol–water partition coefficient (Wildman–Crippen LogP) is 5.55. The third-order valence-corrected chi connectivity index (χ3v) is 6.72. The second kappa shape index (κ2) is 9.60. The standard InChI is InChI=1S/C22H19BrFNO3S2/c23-16-5-8-19(28-13-14-3-6-17(24)7-4-14)15(10-16)11-20-21(26)25(22(29)30-20)12-18-2-1-9-27-18/h3-8,10-11,18H,1-2,9,12-13H2/b20-11-/t18-/m0/s1. The van der Waals surface area contributed by atoms with Crippen molar-refractivity contribution in [1.82, 2.24) is 4.90 Å². The molecule has 2 saturated heterocycles. The van der Waals surface area contributed by atoms with Crippen molar-refractivity contribution in [3.8, 4) is 5.75 Å². The van der Waals surface area contributed by atoms with Crippen molar-refractivity contribution >= 4 is 56.2 Å². The quantitative estimate of drug-likeness (QED) is 0.378. The van der Waals surface area contributed by atoms with Crippen LogP contribution in [0.25, 0.3) is 6.08 Å². The Morgan fingerprint density at radius 3 is 2.83 bits per heavy atom. The Balaban J connectivity index is 1.52. The Kier molecular flexibility index (Phi) is 6.87. The van der Waals surface area contributed by atoms with Gasteiger partial charge in [-0.25, -0.2) is 4.39 Å². The van der Waals surface area contributed by atoms with E-state index in [2.05, 4.69) is 15.9 Å². The van der Waals surface area contributed by atoms with E-state index < -0.39 is 0 Å². The Bertz CT molecular complexity index is 990. The van der Waals surface area contributed by atoms with Crippen LogP contribution in [-0.2, 0) is 16.1 Å². The van der Waals surface area contributed by atoms with Crippen molar-refractivity contribution in [2.75, 3.05) is 13.2 Å². The van der Waals surface area contributed by atoms with E-state index in [4.69, 9.17) is 21.7 Å². The number of carbonyl (C=O) groups is 1. The number of amides is 1. The lowest BCUT2D eigenvalue weighted by atomic mass is 10.1. The maximum Gasteiger partial charge on any atom is 0.266 e. The molecule has 0 spiro atoms. The van der Waals surface area contributed by atoms with Gasteiger partial charge >= 0.3 is 0 Å². The molecular weight excluding hydrogens is 489 g/mol. The highest BCUT2D eigenvalue weighted by atomic mass is 79.9. The van der Waals surface area contributed by atoms with Gasteiger partial charge in [0.25, 0.3) is 5.91 Å². The fourth-order valence-electron chi connectivity index (χ4n) is 3.30. The molecule has 4 rings (SSSR count). The molecule has 0 saturated carbocycles. The van der Waals surface area contributed by atoms with Crippen LogP contribution in [0.1, 0.15) is 24.0 Å². The van der Waals surface area contributed by atoms with E-state index in [0.717, 1.165) is 35.0 Å². The smallest absolute Gasteiger partial charge is 0.266 e. The first-order valence-corrected chi connectivity index (χ1v) is 11.5. The molecule has 0 aliphatic carbocycles. The summed E-state index contributed by atoms with van der Waals surface area (Å²) in [5.74, 6) is 0.241. The number of hydrogen-bond donors (Lipinski definition) is 0. The molecule has 1 atom stereocenters. The van der Waals surface area contributed by atoms with Crippen LogP contribution in [0, 0.1) is 5.82 Å².